The van der Waals surface area contributed by atoms with Crippen LogP contribution in [-0.2, 0) is 4.79 Å². The van der Waals surface area contributed by atoms with E-state index in [-0.39, 0.29) is 17.9 Å². The van der Waals surface area contributed by atoms with E-state index in [4.69, 9.17) is 0 Å². The quantitative estimate of drug-likeness (QED) is 0.612. The number of benzene rings is 1. The molecule has 3 fully saturated rings. The number of piperazine rings is 1. The molecule has 33 heavy (non-hydrogen) atoms. The number of nitrogens with one attached hydrogen (secondary N) is 1. The number of carbonyl (C=O) groups is 2. The zero-order valence-corrected chi connectivity index (χ0v) is 20.4. The van der Waals surface area contributed by atoms with Crippen LogP contribution in [0.15, 0.2) is 30.3 Å². The average Bonchev–Trinajstić information content (AvgIpc) is 3.38. The molecule has 3 aliphatic rings. The number of nitrogens with zero attached hydrogens (tertiary/aromatic N) is 3. The summed E-state index contributed by atoms with van der Waals surface area (Å²) < 4.78 is 0. The van der Waals surface area contributed by atoms with Crippen LogP contribution in [0.1, 0.15) is 68.6 Å². The minimum Gasteiger partial charge on any atom is -0.355 e. The zero-order chi connectivity index (χ0) is 23.0. The minimum atomic E-state index is -0.0459. The van der Waals surface area contributed by atoms with Crippen molar-refractivity contribution in [2.45, 2.75) is 70.4 Å². The highest BCUT2D eigenvalue weighted by Crippen LogP contribution is 2.31. The Labute approximate surface area is 199 Å². The second-order valence-corrected chi connectivity index (χ2v) is 10.2. The van der Waals surface area contributed by atoms with Crippen LogP contribution in [0.3, 0.4) is 0 Å². The number of hydrogen-bond donors (Lipinski definition) is 1. The summed E-state index contributed by atoms with van der Waals surface area (Å²) in [5, 5.41) is 3.28. The van der Waals surface area contributed by atoms with Crippen molar-refractivity contribution in [2.75, 3.05) is 45.8 Å². The van der Waals surface area contributed by atoms with Gasteiger partial charge in [0.1, 0.15) is 0 Å². The molecule has 4 rings (SSSR count). The van der Waals surface area contributed by atoms with Crippen molar-refractivity contribution in [2.24, 2.45) is 5.92 Å². The van der Waals surface area contributed by atoms with Crippen LogP contribution in [0.25, 0.3) is 0 Å². The fourth-order valence-electron chi connectivity index (χ4n) is 6.01. The lowest BCUT2D eigenvalue weighted by molar-refractivity contribution is -0.129. The minimum absolute atomic E-state index is 0.0459. The highest BCUT2D eigenvalue weighted by atomic mass is 16.2. The Balaban J connectivity index is 1.28. The second-order valence-electron chi connectivity index (χ2n) is 10.2. The molecule has 1 N–H and O–H groups in total. The first kappa shape index (κ1) is 24.2. The fraction of sp³-hybridized carbons (Fsp3) is 0.704. The molecule has 2 saturated heterocycles. The maximum Gasteiger partial charge on any atom is 0.253 e. The third-order valence-electron chi connectivity index (χ3n) is 7.99. The van der Waals surface area contributed by atoms with E-state index in [0.717, 1.165) is 51.0 Å². The van der Waals surface area contributed by atoms with E-state index in [1.54, 1.807) is 0 Å². The highest BCUT2D eigenvalue weighted by molar-refractivity contribution is 5.94. The van der Waals surface area contributed by atoms with E-state index >= 15 is 0 Å². The summed E-state index contributed by atoms with van der Waals surface area (Å²) in [5.74, 6) is 0.754. The van der Waals surface area contributed by atoms with Gasteiger partial charge in [0.2, 0.25) is 5.91 Å². The summed E-state index contributed by atoms with van der Waals surface area (Å²) in [4.78, 5) is 33.0. The van der Waals surface area contributed by atoms with Gasteiger partial charge >= 0.3 is 0 Å². The Bertz CT molecular complexity index is 757. The van der Waals surface area contributed by atoms with Gasteiger partial charge < -0.3 is 15.1 Å². The first-order chi connectivity index (χ1) is 16.1. The van der Waals surface area contributed by atoms with Gasteiger partial charge in [-0.1, -0.05) is 37.5 Å². The van der Waals surface area contributed by atoms with Crippen molar-refractivity contribution >= 4 is 11.8 Å². The molecule has 2 amide bonds. The summed E-state index contributed by atoms with van der Waals surface area (Å²) in [5.41, 5.74) is 0.749. The molecule has 2 unspecified atom stereocenters. The van der Waals surface area contributed by atoms with E-state index in [1.807, 2.05) is 35.2 Å². The van der Waals surface area contributed by atoms with Crippen LogP contribution in [0.4, 0.5) is 0 Å². The Kier molecular flexibility index (Phi) is 8.79. The van der Waals surface area contributed by atoms with Gasteiger partial charge in [0, 0.05) is 50.9 Å². The largest absolute Gasteiger partial charge is 0.355 e. The van der Waals surface area contributed by atoms with Gasteiger partial charge in [-0.2, -0.15) is 0 Å². The molecule has 0 spiro atoms. The van der Waals surface area contributed by atoms with Crippen molar-refractivity contribution < 1.29 is 9.59 Å². The van der Waals surface area contributed by atoms with Crippen LogP contribution >= 0.6 is 0 Å². The molecule has 1 aliphatic carbocycles. The van der Waals surface area contributed by atoms with E-state index in [1.165, 1.54) is 38.6 Å². The zero-order valence-electron chi connectivity index (χ0n) is 20.4. The normalized spacial score (nSPS) is 24.0. The Morgan fingerprint density at radius 2 is 1.64 bits per heavy atom. The van der Waals surface area contributed by atoms with Gasteiger partial charge in [-0.25, -0.2) is 0 Å². The monoisotopic (exact) mass is 454 g/mol. The molecule has 0 radical (unpaired) electrons. The number of piperidine rings is 1. The van der Waals surface area contributed by atoms with Crippen molar-refractivity contribution in [1.82, 2.24) is 20.0 Å². The number of carbonyl (C=O) groups excluding carboxylic acids is 2. The molecular formula is C27H42N4O2. The Morgan fingerprint density at radius 3 is 2.33 bits per heavy atom. The number of rotatable bonds is 8. The van der Waals surface area contributed by atoms with Crippen LogP contribution < -0.4 is 5.32 Å². The third kappa shape index (κ3) is 6.36. The molecule has 2 atom stereocenters. The molecule has 1 aromatic rings. The molecule has 2 heterocycles. The lowest BCUT2D eigenvalue weighted by Crippen LogP contribution is -2.58. The molecule has 1 saturated carbocycles. The molecule has 1 aromatic carbocycles. The average molecular weight is 455 g/mol. The fourth-order valence-corrected chi connectivity index (χ4v) is 6.01. The number of amides is 2. The van der Waals surface area contributed by atoms with E-state index in [2.05, 4.69) is 22.0 Å². The molecule has 182 valence electrons. The first-order valence-electron chi connectivity index (χ1n) is 13.2. The first-order valence-corrected chi connectivity index (χ1v) is 13.2. The number of hydrogen-bond acceptors (Lipinski definition) is 4. The molecule has 6 heteroatoms. The SMILES string of the molecule is CC1CCCCN1CCCNC(=O)C(C1CCCC1)N1CCN(C(=O)c2ccccc2)CC1. The van der Waals surface area contributed by atoms with Crippen molar-refractivity contribution in [1.29, 1.82) is 0 Å². The maximum absolute atomic E-state index is 13.3. The van der Waals surface area contributed by atoms with Crippen molar-refractivity contribution in [3.63, 3.8) is 0 Å². The summed E-state index contributed by atoms with van der Waals surface area (Å²) in [6, 6.07) is 10.2. The standard InChI is InChI=1S/C27H42N4O2/c1-22-10-7-8-16-29(22)17-9-15-28-26(32)25(23-11-5-6-12-23)30-18-20-31(21-19-30)27(33)24-13-3-2-4-14-24/h2-4,13-14,22-23,25H,5-12,15-21H2,1H3,(H,28,32). The van der Waals surface area contributed by atoms with E-state index in [0.29, 0.717) is 25.0 Å². The van der Waals surface area contributed by atoms with Crippen LogP contribution in [0, 0.1) is 5.92 Å². The predicted octanol–water partition coefficient (Wildman–Crippen LogP) is 3.38. The number of likely N-dealkylation sites (tertiary alicyclic amines) is 1. The van der Waals surface area contributed by atoms with Gasteiger partial charge in [0.15, 0.2) is 0 Å². The smallest absolute Gasteiger partial charge is 0.253 e. The molecule has 0 aromatic heterocycles. The molecule has 6 nitrogen and oxygen atoms in total. The summed E-state index contributed by atoms with van der Waals surface area (Å²) in [7, 11) is 0. The molecular weight excluding hydrogens is 412 g/mol. The van der Waals surface area contributed by atoms with Gasteiger partial charge in [-0.3, -0.25) is 14.5 Å². The maximum atomic E-state index is 13.3. The lowest BCUT2D eigenvalue weighted by Gasteiger charge is -2.41. The van der Waals surface area contributed by atoms with Crippen LogP contribution in [0.2, 0.25) is 0 Å². The Hall–Kier alpha value is -1.92. The molecule has 0 bridgehead atoms. The predicted molar refractivity (Wildman–Crippen MR) is 132 cm³/mol. The summed E-state index contributed by atoms with van der Waals surface area (Å²) in [6.07, 6.45) is 9.73. The van der Waals surface area contributed by atoms with E-state index in [9.17, 15) is 9.59 Å². The summed E-state index contributed by atoms with van der Waals surface area (Å²) >= 11 is 0. The lowest BCUT2D eigenvalue weighted by atomic mass is 9.95. The van der Waals surface area contributed by atoms with Gasteiger partial charge in [0.25, 0.3) is 5.91 Å². The second kappa shape index (κ2) is 12.0. The summed E-state index contributed by atoms with van der Waals surface area (Å²) in [6.45, 7) is 8.31. The van der Waals surface area contributed by atoms with Crippen molar-refractivity contribution in [3.05, 3.63) is 35.9 Å². The molecule has 2 aliphatic heterocycles. The topological polar surface area (TPSA) is 55.9 Å². The van der Waals surface area contributed by atoms with Gasteiger partial charge in [0.05, 0.1) is 6.04 Å². The van der Waals surface area contributed by atoms with Gasteiger partial charge in [-0.15, -0.1) is 0 Å². The Morgan fingerprint density at radius 1 is 0.939 bits per heavy atom. The van der Waals surface area contributed by atoms with Crippen LogP contribution in [-0.4, -0.2) is 84.4 Å². The highest BCUT2D eigenvalue weighted by Gasteiger charge is 2.37. The van der Waals surface area contributed by atoms with E-state index < -0.39 is 0 Å². The third-order valence-corrected chi connectivity index (χ3v) is 7.99. The van der Waals surface area contributed by atoms with Crippen LogP contribution in [0.5, 0.6) is 0 Å². The van der Waals surface area contributed by atoms with Gasteiger partial charge in [-0.05, 0) is 63.6 Å². The van der Waals surface area contributed by atoms with Crippen molar-refractivity contribution in [3.8, 4) is 0 Å².